The molecular weight excluding hydrogens is 366 g/mol. The molecule has 28 heavy (non-hydrogen) atoms. The highest BCUT2D eigenvalue weighted by Crippen LogP contribution is 2.29. The molecule has 3 aromatic rings. The summed E-state index contributed by atoms with van der Waals surface area (Å²) < 4.78 is 15.3. The number of benzene rings is 2. The number of carbonyl (C=O) groups excluding carboxylic acids is 2. The third-order valence-electron chi connectivity index (χ3n) is 3.89. The van der Waals surface area contributed by atoms with Gasteiger partial charge in [-0.05, 0) is 18.2 Å². The highest BCUT2D eigenvalue weighted by Gasteiger charge is 2.17. The number of esters is 1. The van der Waals surface area contributed by atoms with Crippen LogP contribution >= 0.6 is 0 Å². The second-order valence-corrected chi connectivity index (χ2v) is 5.64. The number of anilines is 1. The number of hydrogen-bond acceptors (Lipinski definition) is 7. The molecule has 0 unspecified atom stereocenters. The highest BCUT2D eigenvalue weighted by atomic mass is 16.5. The summed E-state index contributed by atoms with van der Waals surface area (Å²) in [6.45, 7) is -0.525. The van der Waals surface area contributed by atoms with Gasteiger partial charge in [0.05, 0.1) is 19.6 Å². The molecule has 2 aromatic carbocycles. The predicted octanol–water partition coefficient (Wildman–Crippen LogP) is 1.74. The van der Waals surface area contributed by atoms with Crippen LogP contribution in [0.25, 0.3) is 10.8 Å². The first kappa shape index (κ1) is 18.9. The number of fused-ring (bicyclic) bond motifs is 1. The number of nitrogens with one attached hydrogen (secondary N) is 2. The van der Waals surface area contributed by atoms with E-state index in [-0.39, 0.29) is 5.69 Å². The van der Waals surface area contributed by atoms with Crippen molar-refractivity contribution in [3.8, 4) is 11.5 Å². The largest absolute Gasteiger partial charge is 0.493 e. The molecule has 0 bridgehead atoms. The normalized spacial score (nSPS) is 10.4. The van der Waals surface area contributed by atoms with Crippen molar-refractivity contribution in [3.63, 3.8) is 0 Å². The molecule has 2 N–H and O–H groups in total. The molecule has 0 aliphatic rings. The number of aromatic nitrogens is 2. The van der Waals surface area contributed by atoms with Gasteiger partial charge >= 0.3 is 5.97 Å². The molecule has 1 amide bonds. The number of H-pyrrole nitrogens is 1. The Morgan fingerprint density at radius 2 is 1.75 bits per heavy atom. The molecule has 0 atom stereocenters. The standard InChI is InChI=1S/C19H17N3O6/c1-26-14-8-7-11(9-15(14)27-2)20-16(23)10-28-19(25)17-12-5-3-4-6-13(12)18(24)22-21-17/h3-9H,10H2,1-2H3,(H,20,23)(H,22,24). The van der Waals surface area contributed by atoms with Crippen LogP contribution < -0.4 is 20.3 Å². The number of aromatic amines is 1. The average Bonchev–Trinajstić information content (AvgIpc) is 2.72. The molecule has 9 nitrogen and oxygen atoms in total. The summed E-state index contributed by atoms with van der Waals surface area (Å²) in [6.07, 6.45) is 0. The van der Waals surface area contributed by atoms with Gasteiger partial charge in [0.15, 0.2) is 23.8 Å². The predicted molar refractivity (Wildman–Crippen MR) is 101 cm³/mol. The Balaban J connectivity index is 1.68. The van der Waals surface area contributed by atoms with E-state index in [9.17, 15) is 14.4 Å². The minimum atomic E-state index is -0.824. The molecule has 1 heterocycles. The fraction of sp³-hybridized carbons (Fsp3) is 0.158. The van der Waals surface area contributed by atoms with Gasteiger partial charge < -0.3 is 19.5 Å². The Morgan fingerprint density at radius 1 is 1.04 bits per heavy atom. The van der Waals surface area contributed by atoms with Gasteiger partial charge in [0, 0.05) is 17.1 Å². The molecule has 0 spiro atoms. The zero-order valence-electron chi connectivity index (χ0n) is 15.1. The van der Waals surface area contributed by atoms with Gasteiger partial charge in [-0.15, -0.1) is 0 Å². The van der Waals surface area contributed by atoms with Gasteiger partial charge in [-0.2, -0.15) is 5.10 Å². The van der Waals surface area contributed by atoms with Crippen molar-refractivity contribution in [1.82, 2.24) is 10.2 Å². The summed E-state index contributed by atoms with van der Waals surface area (Å²) in [4.78, 5) is 36.1. The minimum absolute atomic E-state index is 0.0749. The first-order valence-electron chi connectivity index (χ1n) is 8.20. The summed E-state index contributed by atoms with van der Waals surface area (Å²) >= 11 is 0. The SMILES string of the molecule is COc1ccc(NC(=O)COC(=O)c2n[nH]c(=O)c3ccccc23)cc1OC. The summed E-state index contributed by atoms with van der Waals surface area (Å²) in [5.74, 6) is -0.409. The maximum absolute atomic E-state index is 12.3. The van der Waals surface area contributed by atoms with E-state index in [4.69, 9.17) is 14.2 Å². The molecule has 1 aromatic heterocycles. The fourth-order valence-electron chi connectivity index (χ4n) is 2.58. The minimum Gasteiger partial charge on any atom is -0.493 e. The van der Waals surface area contributed by atoms with Crippen LogP contribution in [-0.4, -0.2) is 42.9 Å². The van der Waals surface area contributed by atoms with E-state index in [1.807, 2.05) is 0 Å². The van der Waals surface area contributed by atoms with E-state index in [0.717, 1.165) is 0 Å². The van der Waals surface area contributed by atoms with E-state index in [0.29, 0.717) is 28.0 Å². The van der Waals surface area contributed by atoms with Gasteiger partial charge in [-0.25, -0.2) is 9.89 Å². The van der Waals surface area contributed by atoms with Crippen LogP contribution in [0.4, 0.5) is 5.69 Å². The molecule has 0 aliphatic carbocycles. The van der Waals surface area contributed by atoms with Crippen LogP contribution in [0.5, 0.6) is 11.5 Å². The smallest absolute Gasteiger partial charge is 0.359 e. The third kappa shape index (κ3) is 3.93. The molecule has 0 saturated carbocycles. The van der Waals surface area contributed by atoms with E-state index in [2.05, 4.69) is 15.5 Å². The molecule has 0 aliphatic heterocycles. The van der Waals surface area contributed by atoms with Crippen LogP contribution in [0.2, 0.25) is 0 Å². The quantitative estimate of drug-likeness (QED) is 0.622. The number of carbonyl (C=O) groups is 2. The lowest BCUT2D eigenvalue weighted by atomic mass is 10.1. The van der Waals surface area contributed by atoms with E-state index in [1.165, 1.54) is 14.2 Å². The average molecular weight is 383 g/mol. The zero-order valence-corrected chi connectivity index (χ0v) is 15.1. The molecule has 0 saturated heterocycles. The molecule has 144 valence electrons. The lowest BCUT2D eigenvalue weighted by molar-refractivity contribution is -0.119. The topological polar surface area (TPSA) is 120 Å². The van der Waals surface area contributed by atoms with Crippen molar-refractivity contribution in [1.29, 1.82) is 0 Å². The number of ether oxygens (including phenoxy) is 3. The van der Waals surface area contributed by atoms with Gasteiger partial charge in [0.1, 0.15) is 0 Å². The Morgan fingerprint density at radius 3 is 2.46 bits per heavy atom. The highest BCUT2D eigenvalue weighted by molar-refractivity contribution is 6.03. The maximum atomic E-state index is 12.3. The molecular formula is C19H17N3O6. The second-order valence-electron chi connectivity index (χ2n) is 5.64. The molecule has 0 radical (unpaired) electrons. The first-order chi connectivity index (χ1) is 13.5. The summed E-state index contributed by atoms with van der Waals surface area (Å²) in [5.41, 5.74) is -0.0428. The van der Waals surface area contributed by atoms with Crippen LogP contribution in [0.15, 0.2) is 47.3 Å². The van der Waals surface area contributed by atoms with E-state index >= 15 is 0 Å². The Bertz CT molecular complexity index is 1090. The van der Waals surface area contributed by atoms with Gasteiger partial charge in [-0.3, -0.25) is 9.59 Å². The van der Waals surface area contributed by atoms with Crippen molar-refractivity contribution in [2.24, 2.45) is 0 Å². The molecule has 3 rings (SSSR count). The summed E-state index contributed by atoms with van der Waals surface area (Å²) in [6, 6.07) is 11.3. The third-order valence-corrected chi connectivity index (χ3v) is 3.89. The monoisotopic (exact) mass is 383 g/mol. The first-order valence-corrected chi connectivity index (χ1v) is 8.20. The zero-order chi connectivity index (χ0) is 20.1. The second kappa shape index (κ2) is 8.21. The van der Waals surface area contributed by atoms with Crippen molar-refractivity contribution in [2.75, 3.05) is 26.1 Å². The van der Waals surface area contributed by atoms with E-state index in [1.54, 1.807) is 42.5 Å². The van der Waals surface area contributed by atoms with Crippen LogP contribution in [0.1, 0.15) is 10.5 Å². The number of rotatable bonds is 6. The Hall–Kier alpha value is -3.88. The van der Waals surface area contributed by atoms with Crippen LogP contribution in [0.3, 0.4) is 0 Å². The fourth-order valence-corrected chi connectivity index (χ4v) is 2.58. The summed E-state index contributed by atoms with van der Waals surface area (Å²) in [7, 11) is 2.98. The lowest BCUT2D eigenvalue weighted by Gasteiger charge is -2.11. The van der Waals surface area contributed by atoms with Crippen LogP contribution in [-0.2, 0) is 9.53 Å². The van der Waals surface area contributed by atoms with Crippen molar-refractivity contribution in [2.45, 2.75) is 0 Å². The van der Waals surface area contributed by atoms with Crippen molar-refractivity contribution < 1.29 is 23.8 Å². The van der Waals surface area contributed by atoms with Gasteiger partial charge in [0.2, 0.25) is 0 Å². The number of methoxy groups -OCH3 is 2. The van der Waals surface area contributed by atoms with Crippen LogP contribution in [0, 0.1) is 0 Å². The Labute approximate surface area is 159 Å². The lowest BCUT2D eigenvalue weighted by Crippen LogP contribution is -2.22. The number of hydrogen-bond donors (Lipinski definition) is 2. The van der Waals surface area contributed by atoms with Crippen molar-refractivity contribution >= 4 is 28.3 Å². The van der Waals surface area contributed by atoms with Crippen molar-refractivity contribution in [3.05, 3.63) is 58.5 Å². The molecule has 9 heteroatoms. The van der Waals surface area contributed by atoms with Gasteiger partial charge in [0.25, 0.3) is 11.5 Å². The maximum Gasteiger partial charge on any atom is 0.359 e. The molecule has 0 fully saturated rings. The summed E-state index contributed by atoms with van der Waals surface area (Å²) in [5, 5.41) is 9.22. The van der Waals surface area contributed by atoms with E-state index < -0.39 is 24.0 Å². The Kier molecular flexibility index (Phi) is 5.54. The number of amides is 1. The number of nitrogens with zero attached hydrogens (tertiary/aromatic N) is 1. The van der Waals surface area contributed by atoms with Gasteiger partial charge in [-0.1, -0.05) is 18.2 Å².